The number of hydrogen-bond acceptors (Lipinski definition) is 6. The standard InChI is InChI=1S/C18H21N5O3/c1-12(2)17-19-16(26-22-17)10-23(3)18(24)15-9-13(20-21-15)11-25-14-7-5-4-6-8-14/h4-9,12H,10-11H2,1-3H3,(H,20,21). The lowest BCUT2D eigenvalue weighted by Crippen LogP contribution is -2.26. The van der Waals surface area contributed by atoms with Gasteiger partial charge in [0.15, 0.2) is 11.5 Å². The summed E-state index contributed by atoms with van der Waals surface area (Å²) in [6.07, 6.45) is 0. The molecule has 0 spiro atoms. The van der Waals surface area contributed by atoms with Crippen LogP contribution in [0.15, 0.2) is 40.9 Å². The van der Waals surface area contributed by atoms with Crippen molar-refractivity contribution in [1.82, 2.24) is 25.2 Å². The van der Waals surface area contributed by atoms with Crippen LogP contribution in [0, 0.1) is 0 Å². The van der Waals surface area contributed by atoms with E-state index in [9.17, 15) is 4.79 Å². The van der Waals surface area contributed by atoms with Crippen molar-refractivity contribution < 1.29 is 14.1 Å². The van der Waals surface area contributed by atoms with E-state index in [1.807, 2.05) is 44.2 Å². The lowest BCUT2D eigenvalue weighted by atomic mass is 10.2. The van der Waals surface area contributed by atoms with Gasteiger partial charge in [-0.3, -0.25) is 9.89 Å². The lowest BCUT2D eigenvalue weighted by Gasteiger charge is -2.12. The molecular weight excluding hydrogens is 334 g/mol. The van der Waals surface area contributed by atoms with E-state index >= 15 is 0 Å². The van der Waals surface area contributed by atoms with Crippen LogP contribution >= 0.6 is 0 Å². The van der Waals surface area contributed by atoms with Crippen molar-refractivity contribution in [3.8, 4) is 5.75 Å². The van der Waals surface area contributed by atoms with Crippen LogP contribution < -0.4 is 4.74 Å². The summed E-state index contributed by atoms with van der Waals surface area (Å²) in [6.45, 7) is 4.48. The van der Waals surface area contributed by atoms with Crippen LogP contribution in [0.2, 0.25) is 0 Å². The first-order chi connectivity index (χ1) is 12.5. The maximum atomic E-state index is 12.5. The van der Waals surface area contributed by atoms with E-state index < -0.39 is 0 Å². The summed E-state index contributed by atoms with van der Waals surface area (Å²) in [5.41, 5.74) is 1.02. The van der Waals surface area contributed by atoms with E-state index in [2.05, 4.69) is 20.3 Å². The third kappa shape index (κ3) is 4.27. The zero-order chi connectivity index (χ0) is 18.5. The average Bonchev–Trinajstić information content (AvgIpc) is 3.30. The monoisotopic (exact) mass is 355 g/mol. The van der Waals surface area contributed by atoms with E-state index in [4.69, 9.17) is 9.26 Å². The molecule has 2 aromatic heterocycles. The molecular formula is C18H21N5O3. The number of carbonyl (C=O) groups excluding carboxylic acids is 1. The second-order valence-electron chi connectivity index (χ2n) is 6.24. The molecule has 8 nitrogen and oxygen atoms in total. The van der Waals surface area contributed by atoms with Crippen LogP contribution in [-0.2, 0) is 13.2 Å². The maximum Gasteiger partial charge on any atom is 0.274 e. The molecule has 0 radical (unpaired) electrons. The third-order valence-electron chi connectivity index (χ3n) is 3.71. The minimum Gasteiger partial charge on any atom is -0.487 e. The number of rotatable bonds is 7. The predicted octanol–water partition coefficient (Wildman–Crippen LogP) is 2.77. The number of para-hydroxylation sites is 1. The van der Waals surface area contributed by atoms with Gasteiger partial charge in [0.25, 0.3) is 5.91 Å². The van der Waals surface area contributed by atoms with Gasteiger partial charge in [-0.2, -0.15) is 10.1 Å². The Morgan fingerprint density at radius 3 is 2.77 bits per heavy atom. The van der Waals surface area contributed by atoms with E-state index in [1.165, 1.54) is 4.90 Å². The molecule has 0 aliphatic rings. The Morgan fingerprint density at radius 1 is 1.31 bits per heavy atom. The molecule has 3 aromatic rings. The maximum absolute atomic E-state index is 12.5. The van der Waals surface area contributed by atoms with Gasteiger partial charge < -0.3 is 14.2 Å². The average molecular weight is 355 g/mol. The molecule has 8 heteroatoms. The number of hydrogen-bond donors (Lipinski definition) is 1. The van der Waals surface area contributed by atoms with Crippen molar-refractivity contribution in [2.75, 3.05) is 7.05 Å². The van der Waals surface area contributed by atoms with E-state index in [0.717, 1.165) is 5.75 Å². The van der Waals surface area contributed by atoms with Gasteiger partial charge in [-0.25, -0.2) is 0 Å². The molecule has 0 unspecified atom stereocenters. The van der Waals surface area contributed by atoms with Gasteiger partial charge in [-0.1, -0.05) is 37.2 Å². The fourth-order valence-corrected chi connectivity index (χ4v) is 2.26. The van der Waals surface area contributed by atoms with Crippen LogP contribution in [0.1, 0.15) is 47.7 Å². The molecule has 0 bridgehead atoms. The first-order valence-electron chi connectivity index (χ1n) is 8.33. The normalized spacial score (nSPS) is 10.9. The third-order valence-corrected chi connectivity index (χ3v) is 3.71. The molecule has 0 saturated heterocycles. The van der Waals surface area contributed by atoms with Gasteiger partial charge in [-0.05, 0) is 18.2 Å². The smallest absolute Gasteiger partial charge is 0.274 e. The van der Waals surface area contributed by atoms with E-state index in [1.54, 1.807) is 13.1 Å². The zero-order valence-electron chi connectivity index (χ0n) is 15.0. The molecule has 1 aromatic carbocycles. The molecule has 1 amide bonds. The van der Waals surface area contributed by atoms with Gasteiger partial charge in [0.2, 0.25) is 5.89 Å². The van der Waals surface area contributed by atoms with Crippen LogP contribution in [-0.4, -0.2) is 38.2 Å². The Kier molecular flexibility index (Phi) is 5.31. The molecule has 2 heterocycles. The summed E-state index contributed by atoms with van der Waals surface area (Å²) in [5, 5.41) is 10.8. The number of carbonyl (C=O) groups is 1. The molecule has 0 saturated carbocycles. The first kappa shape index (κ1) is 17.7. The van der Waals surface area contributed by atoms with E-state index in [-0.39, 0.29) is 18.4 Å². The summed E-state index contributed by atoms with van der Waals surface area (Å²) in [5.74, 6) is 1.71. The number of nitrogens with one attached hydrogen (secondary N) is 1. The summed E-state index contributed by atoms with van der Waals surface area (Å²) >= 11 is 0. The quantitative estimate of drug-likeness (QED) is 0.700. The highest BCUT2D eigenvalue weighted by Crippen LogP contribution is 2.13. The number of aromatic nitrogens is 4. The number of aromatic amines is 1. The van der Waals surface area contributed by atoms with Gasteiger partial charge in [0, 0.05) is 13.0 Å². The first-order valence-corrected chi connectivity index (χ1v) is 8.33. The van der Waals surface area contributed by atoms with Crippen molar-refractivity contribution in [2.45, 2.75) is 32.9 Å². The molecule has 3 rings (SSSR count). The second-order valence-corrected chi connectivity index (χ2v) is 6.24. The van der Waals surface area contributed by atoms with Gasteiger partial charge in [-0.15, -0.1) is 0 Å². The molecule has 0 atom stereocenters. The number of benzene rings is 1. The fraction of sp³-hybridized carbons (Fsp3) is 0.333. The molecule has 1 N–H and O–H groups in total. The second kappa shape index (κ2) is 7.81. The summed E-state index contributed by atoms with van der Waals surface area (Å²) in [4.78, 5) is 18.2. The van der Waals surface area contributed by atoms with Crippen LogP contribution in [0.5, 0.6) is 5.75 Å². The van der Waals surface area contributed by atoms with Crippen LogP contribution in [0.25, 0.3) is 0 Å². The number of nitrogens with zero attached hydrogens (tertiary/aromatic N) is 4. The Morgan fingerprint density at radius 2 is 2.08 bits per heavy atom. The van der Waals surface area contributed by atoms with Crippen molar-refractivity contribution in [3.05, 3.63) is 59.5 Å². The Balaban J connectivity index is 1.57. The molecule has 0 aliphatic carbocycles. The van der Waals surface area contributed by atoms with Gasteiger partial charge in [0.05, 0.1) is 5.69 Å². The largest absolute Gasteiger partial charge is 0.487 e. The van der Waals surface area contributed by atoms with Crippen molar-refractivity contribution in [3.63, 3.8) is 0 Å². The highest BCUT2D eigenvalue weighted by atomic mass is 16.5. The topological polar surface area (TPSA) is 97.1 Å². The summed E-state index contributed by atoms with van der Waals surface area (Å²) < 4.78 is 10.8. The van der Waals surface area contributed by atoms with Crippen molar-refractivity contribution in [2.24, 2.45) is 0 Å². The van der Waals surface area contributed by atoms with Crippen molar-refractivity contribution >= 4 is 5.91 Å². The molecule has 0 fully saturated rings. The molecule has 136 valence electrons. The van der Waals surface area contributed by atoms with Gasteiger partial charge in [0.1, 0.15) is 18.9 Å². The highest BCUT2D eigenvalue weighted by molar-refractivity contribution is 5.92. The minimum atomic E-state index is -0.239. The molecule has 0 aliphatic heterocycles. The van der Waals surface area contributed by atoms with Crippen LogP contribution in [0.3, 0.4) is 0 Å². The summed E-state index contributed by atoms with van der Waals surface area (Å²) in [7, 11) is 1.66. The van der Waals surface area contributed by atoms with E-state index in [0.29, 0.717) is 29.7 Å². The Bertz CT molecular complexity index is 857. The zero-order valence-corrected chi connectivity index (χ0v) is 15.0. The van der Waals surface area contributed by atoms with Crippen molar-refractivity contribution in [1.29, 1.82) is 0 Å². The Hall–Kier alpha value is -3.16. The minimum absolute atomic E-state index is 0.173. The number of H-pyrrole nitrogens is 1. The highest BCUT2D eigenvalue weighted by Gasteiger charge is 2.19. The predicted molar refractivity (Wildman–Crippen MR) is 93.5 cm³/mol. The lowest BCUT2D eigenvalue weighted by molar-refractivity contribution is 0.0763. The summed E-state index contributed by atoms with van der Waals surface area (Å²) in [6, 6.07) is 11.1. The molecule has 26 heavy (non-hydrogen) atoms. The number of amides is 1. The Labute approximate surface area is 151 Å². The van der Waals surface area contributed by atoms with Gasteiger partial charge >= 0.3 is 0 Å². The SMILES string of the molecule is CC(C)c1noc(CN(C)C(=O)c2cc(COc3ccccc3)[nH]n2)n1. The van der Waals surface area contributed by atoms with Crippen LogP contribution in [0.4, 0.5) is 0 Å². The fourth-order valence-electron chi connectivity index (χ4n) is 2.26. The number of ether oxygens (including phenoxy) is 1.